The predicted octanol–water partition coefficient (Wildman–Crippen LogP) is 2.39. The van der Waals surface area contributed by atoms with Crippen molar-refractivity contribution in [3.63, 3.8) is 0 Å². The van der Waals surface area contributed by atoms with Gasteiger partial charge in [-0.25, -0.2) is 4.79 Å². The fourth-order valence-corrected chi connectivity index (χ4v) is 3.42. The molecule has 1 aromatic carbocycles. The van der Waals surface area contributed by atoms with Gasteiger partial charge in [0.25, 0.3) is 0 Å². The molecule has 1 aliphatic rings. The Morgan fingerprint density at radius 1 is 1.41 bits per heavy atom. The fourth-order valence-electron chi connectivity index (χ4n) is 2.20. The van der Waals surface area contributed by atoms with Gasteiger partial charge in [-0.3, -0.25) is 14.7 Å². The van der Waals surface area contributed by atoms with E-state index in [-0.39, 0.29) is 11.7 Å². The standard InChI is InChI=1S/C15H12N2O3S2/c1-9(17-13(18)8-22-15(17)21)14(19)20-12-6-7-16-11-5-3-2-4-10(11)12/h2-7,9H,8H2,1H3. The van der Waals surface area contributed by atoms with Gasteiger partial charge >= 0.3 is 5.97 Å². The Morgan fingerprint density at radius 2 is 2.18 bits per heavy atom. The van der Waals surface area contributed by atoms with Crippen LogP contribution in [0.4, 0.5) is 0 Å². The van der Waals surface area contributed by atoms with Crippen LogP contribution < -0.4 is 4.74 Å². The van der Waals surface area contributed by atoms with Crippen LogP contribution in [0, 0.1) is 0 Å². The molecule has 1 unspecified atom stereocenters. The van der Waals surface area contributed by atoms with E-state index >= 15 is 0 Å². The molecule has 3 rings (SSSR count). The van der Waals surface area contributed by atoms with Crippen molar-refractivity contribution in [3.05, 3.63) is 36.5 Å². The minimum Gasteiger partial charge on any atom is -0.424 e. The quantitative estimate of drug-likeness (QED) is 0.635. The highest BCUT2D eigenvalue weighted by molar-refractivity contribution is 8.23. The highest BCUT2D eigenvalue weighted by Gasteiger charge is 2.35. The molecule has 112 valence electrons. The molecule has 0 aliphatic carbocycles. The van der Waals surface area contributed by atoms with Gasteiger partial charge in [0.2, 0.25) is 5.91 Å². The molecule has 1 aliphatic heterocycles. The van der Waals surface area contributed by atoms with Crippen molar-refractivity contribution in [2.45, 2.75) is 13.0 Å². The number of pyridine rings is 1. The lowest BCUT2D eigenvalue weighted by Gasteiger charge is -2.21. The second-order valence-electron chi connectivity index (χ2n) is 4.74. The number of hydrogen-bond acceptors (Lipinski definition) is 6. The largest absolute Gasteiger partial charge is 0.424 e. The number of amides is 1. The van der Waals surface area contributed by atoms with Gasteiger partial charge in [-0.05, 0) is 25.1 Å². The van der Waals surface area contributed by atoms with Gasteiger partial charge in [0, 0.05) is 11.6 Å². The number of hydrogen-bond donors (Lipinski definition) is 0. The maximum absolute atomic E-state index is 12.3. The molecule has 1 fully saturated rings. The molecule has 0 bridgehead atoms. The predicted molar refractivity (Wildman–Crippen MR) is 88.7 cm³/mol. The Hall–Kier alpha value is -1.99. The third kappa shape index (κ3) is 2.69. The van der Waals surface area contributed by atoms with Crippen molar-refractivity contribution < 1.29 is 14.3 Å². The number of thioether (sulfide) groups is 1. The zero-order valence-corrected chi connectivity index (χ0v) is 13.3. The number of esters is 1. The number of nitrogens with zero attached hydrogens (tertiary/aromatic N) is 2. The van der Waals surface area contributed by atoms with Crippen LogP contribution in [-0.4, -0.2) is 37.9 Å². The summed E-state index contributed by atoms with van der Waals surface area (Å²) >= 11 is 6.36. The van der Waals surface area contributed by atoms with E-state index in [1.165, 1.54) is 16.7 Å². The molecular weight excluding hydrogens is 320 g/mol. The van der Waals surface area contributed by atoms with E-state index in [2.05, 4.69) is 4.98 Å². The molecule has 1 saturated heterocycles. The lowest BCUT2D eigenvalue weighted by Crippen LogP contribution is -2.43. The fraction of sp³-hybridized carbons (Fsp3) is 0.200. The summed E-state index contributed by atoms with van der Waals surface area (Å²) < 4.78 is 5.87. The maximum Gasteiger partial charge on any atom is 0.334 e. The molecule has 0 saturated carbocycles. The van der Waals surface area contributed by atoms with E-state index in [0.29, 0.717) is 10.1 Å². The Balaban J connectivity index is 1.84. The third-order valence-electron chi connectivity index (χ3n) is 3.33. The molecule has 1 atom stereocenters. The number of aromatic nitrogens is 1. The van der Waals surface area contributed by atoms with Crippen molar-refractivity contribution in [1.82, 2.24) is 9.88 Å². The highest BCUT2D eigenvalue weighted by Crippen LogP contribution is 2.26. The first-order valence-corrected chi connectivity index (χ1v) is 8.01. The molecular formula is C15H12N2O3S2. The SMILES string of the molecule is CC(C(=O)Oc1ccnc2ccccc12)N1C(=O)CSC1=S. The minimum atomic E-state index is -0.748. The second kappa shape index (κ2) is 6.02. The second-order valence-corrected chi connectivity index (χ2v) is 6.35. The van der Waals surface area contributed by atoms with Gasteiger partial charge in [-0.2, -0.15) is 0 Å². The lowest BCUT2D eigenvalue weighted by molar-refractivity contribution is -0.142. The van der Waals surface area contributed by atoms with Crippen molar-refractivity contribution in [2.24, 2.45) is 0 Å². The molecule has 7 heteroatoms. The van der Waals surface area contributed by atoms with Crippen LogP contribution >= 0.6 is 24.0 Å². The minimum absolute atomic E-state index is 0.168. The van der Waals surface area contributed by atoms with Gasteiger partial charge in [0.15, 0.2) is 0 Å². The summed E-state index contributed by atoms with van der Waals surface area (Å²) in [6, 6.07) is 8.26. The Bertz CT molecular complexity index is 757. The monoisotopic (exact) mass is 332 g/mol. The number of para-hydroxylation sites is 1. The van der Waals surface area contributed by atoms with E-state index in [1.807, 2.05) is 24.3 Å². The van der Waals surface area contributed by atoms with Gasteiger partial charge in [0.05, 0.1) is 11.3 Å². The Labute approximate surface area is 136 Å². The maximum atomic E-state index is 12.3. The van der Waals surface area contributed by atoms with Gasteiger partial charge in [-0.1, -0.05) is 36.1 Å². The number of carbonyl (C=O) groups is 2. The van der Waals surface area contributed by atoms with E-state index in [9.17, 15) is 9.59 Å². The van der Waals surface area contributed by atoms with Crippen molar-refractivity contribution in [3.8, 4) is 5.75 Å². The summed E-state index contributed by atoms with van der Waals surface area (Å²) in [7, 11) is 0. The molecule has 0 radical (unpaired) electrons. The first-order chi connectivity index (χ1) is 10.6. The van der Waals surface area contributed by atoms with Gasteiger partial charge in [0.1, 0.15) is 16.1 Å². The average molecular weight is 332 g/mol. The molecule has 5 nitrogen and oxygen atoms in total. The first-order valence-electron chi connectivity index (χ1n) is 6.62. The lowest BCUT2D eigenvalue weighted by atomic mass is 10.2. The number of carbonyl (C=O) groups excluding carboxylic acids is 2. The summed E-state index contributed by atoms with van der Waals surface area (Å²) in [5, 5.41) is 0.746. The molecule has 1 amide bonds. The van der Waals surface area contributed by atoms with E-state index in [0.717, 1.165) is 10.9 Å². The highest BCUT2D eigenvalue weighted by atomic mass is 32.2. The smallest absolute Gasteiger partial charge is 0.334 e. The van der Waals surface area contributed by atoms with Crippen molar-refractivity contribution in [2.75, 3.05) is 5.75 Å². The summed E-state index contributed by atoms with van der Waals surface area (Å²) in [6.07, 6.45) is 1.58. The van der Waals surface area contributed by atoms with Crippen LogP contribution in [0.25, 0.3) is 10.9 Å². The molecule has 2 aromatic rings. The molecule has 0 N–H and O–H groups in total. The molecule has 22 heavy (non-hydrogen) atoms. The third-order valence-corrected chi connectivity index (χ3v) is 4.72. The van der Waals surface area contributed by atoms with E-state index < -0.39 is 12.0 Å². The van der Waals surface area contributed by atoms with Crippen LogP contribution in [0.3, 0.4) is 0 Å². The number of thiocarbonyl (C=S) groups is 1. The van der Waals surface area contributed by atoms with Crippen LogP contribution in [0.5, 0.6) is 5.75 Å². The number of rotatable bonds is 3. The summed E-state index contributed by atoms with van der Waals surface area (Å²) in [5.74, 6) is 0.00974. The zero-order valence-electron chi connectivity index (χ0n) is 11.7. The summed E-state index contributed by atoms with van der Waals surface area (Å²) in [4.78, 5) is 29.7. The zero-order chi connectivity index (χ0) is 15.7. The van der Waals surface area contributed by atoms with Crippen LogP contribution in [0.2, 0.25) is 0 Å². The molecule has 2 heterocycles. The van der Waals surface area contributed by atoms with Crippen molar-refractivity contribution >= 4 is 51.1 Å². The molecule has 0 spiro atoms. The topological polar surface area (TPSA) is 59.5 Å². The van der Waals surface area contributed by atoms with Gasteiger partial charge in [-0.15, -0.1) is 0 Å². The summed E-state index contributed by atoms with van der Waals surface area (Å²) in [6.45, 7) is 1.61. The van der Waals surface area contributed by atoms with Crippen LogP contribution in [-0.2, 0) is 9.59 Å². The van der Waals surface area contributed by atoms with Gasteiger partial charge < -0.3 is 4.74 Å². The average Bonchev–Trinajstić information content (AvgIpc) is 2.86. The molecule has 1 aromatic heterocycles. The number of benzene rings is 1. The van der Waals surface area contributed by atoms with Crippen molar-refractivity contribution in [1.29, 1.82) is 0 Å². The van der Waals surface area contributed by atoms with E-state index in [4.69, 9.17) is 17.0 Å². The summed E-state index contributed by atoms with van der Waals surface area (Å²) in [5.41, 5.74) is 0.740. The number of ether oxygens (including phenoxy) is 1. The van der Waals surface area contributed by atoms with E-state index in [1.54, 1.807) is 19.2 Å². The number of fused-ring (bicyclic) bond motifs is 1. The Kier molecular flexibility index (Phi) is 4.08. The Morgan fingerprint density at radius 3 is 2.91 bits per heavy atom. The first kappa shape index (κ1) is 14.9. The normalized spacial score (nSPS) is 16.1. The van der Waals surface area contributed by atoms with Crippen LogP contribution in [0.1, 0.15) is 6.92 Å². The van der Waals surface area contributed by atoms with Crippen LogP contribution in [0.15, 0.2) is 36.5 Å².